The van der Waals surface area contributed by atoms with E-state index in [1.807, 2.05) is 25.7 Å². The van der Waals surface area contributed by atoms with Crippen molar-refractivity contribution in [2.75, 3.05) is 0 Å². The van der Waals surface area contributed by atoms with Gasteiger partial charge in [-0.3, -0.25) is 9.59 Å². The molecule has 1 aliphatic heterocycles. The van der Waals surface area contributed by atoms with E-state index in [0.29, 0.717) is 18.4 Å². The molecular weight excluding hydrogens is 228 g/mol. The molecule has 1 aliphatic carbocycles. The Balaban J connectivity index is 2.20. The average Bonchev–Trinajstić information content (AvgIpc) is 3.09. The number of amides is 2. The van der Waals surface area contributed by atoms with Gasteiger partial charge in [0.25, 0.3) is 0 Å². The molecule has 4 unspecified atom stereocenters. The summed E-state index contributed by atoms with van der Waals surface area (Å²) in [4.78, 5) is 26.5. The number of hydrogen-bond donors (Lipinski definition) is 1. The van der Waals surface area contributed by atoms with Crippen molar-refractivity contribution >= 4 is 11.8 Å². The fraction of sp³-hybridized carbons (Fsp3) is 0.857. The van der Waals surface area contributed by atoms with Gasteiger partial charge in [-0.1, -0.05) is 34.1 Å². The van der Waals surface area contributed by atoms with Crippen LogP contribution in [0.2, 0.25) is 0 Å². The first-order valence-corrected chi connectivity index (χ1v) is 7.13. The first kappa shape index (κ1) is 13.4. The van der Waals surface area contributed by atoms with E-state index in [-0.39, 0.29) is 29.8 Å². The van der Waals surface area contributed by atoms with Crippen molar-refractivity contribution in [3.05, 3.63) is 0 Å². The van der Waals surface area contributed by atoms with Crippen LogP contribution < -0.4 is 5.32 Å². The number of nitrogens with zero attached hydrogens (tertiary/aromatic N) is 1. The zero-order valence-corrected chi connectivity index (χ0v) is 11.8. The van der Waals surface area contributed by atoms with Gasteiger partial charge in [0.1, 0.15) is 12.1 Å². The van der Waals surface area contributed by atoms with Gasteiger partial charge in [-0.2, -0.15) is 0 Å². The van der Waals surface area contributed by atoms with Crippen LogP contribution in [0.1, 0.15) is 47.0 Å². The van der Waals surface area contributed by atoms with Crippen molar-refractivity contribution < 1.29 is 9.59 Å². The molecule has 0 spiro atoms. The molecule has 1 saturated carbocycles. The van der Waals surface area contributed by atoms with Crippen molar-refractivity contribution in [2.45, 2.75) is 65.1 Å². The lowest BCUT2D eigenvalue weighted by Crippen LogP contribution is -2.65. The summed E-state index contributed by atoms with van der Waals surface area (Å²) in [5.74, 6) is 0.900. The Kier molecular flexibility index (Phi) is 3.64. The minimum absolute atomic E-state index is 0.0255. The second kappa shape index (κ2) is 4.90. The smallest absolute Gasteiger partial charge is 0.246 e. The summed E-state index contributed by atoms with van der Waals surface area (Å²) in [6.07, 6.45) is 2.87. The van der Waals surface area contributed by atoms with Crippen LogP contribution in [0.25, 0.3) is 0 Å². The molecule has 2 aliphatic rings. The molecule has 2 rings (SSSR count). The number of carbonyl (C=O) groups is 2. The van der Waals surface area contributed by atoms with Crippen LogP contribution in [-0.4, -0.2) is 34.8 Å². The van der Waals surface area contributed by atoms with Crippen molar-refractivity contribution in [1.82, 2.24) is 10.2 Å². The van der Waals surface area contributed by atoms with Crippen LogP contribution in [0.15, 0.2) is 0 Å². The first-order valence-electron chi connectivity index (χ1n) is 7.13. The third kappa shape index (κ3) is 2.13. The number of piperazine rings is 1. The molecule has 102 valence electrons. The summed E-state index contributed by atoms with van der Waals surface area (Å²) in [7, 11) is 0. The molecule has 4 heteroatoms. The second-order valence-corrected chi connectivity index (χ2v) is 5.87. The Bertz CT molecular complexity index is 354. The fourth-order valence-corrected chi connectivity index (χ4v) is 2.99. The largest absolute Gasteiger partial charge is 0.342 e. The predicted molar refractivity (Wildman–Crippen MR) is 69.9 cm³/mol. The monoisotopic (exact) mass is 252 g/mol. The first-order chi connectivity index (χ1) is 8.51. The van der Waals surface area contributed by atoms with E-state index in [1.54, 1.807) is 0 Å². The molecule has 4 atom stereocenters. The highest BCUT2D eigenvalue weighted by atomic mass is 16.2. The summed E-state index contributed by atoms with van der Waals surface area (Å²) in [5, 5.41) is 2.88. The molecule has 1 N–H and O–H groups in total. The predicted octanol–water partition coefficient (Wildman–Crippen LogP) is 1.55. The van der Waals surface area contributed by atoms with E-state index in [9.17, 15) is 9.59 Å². The van der Waals surface area contributed by atoms with Crippen LogP contribution in [0.3, 0.4) is 0 Å². The van der Waals surface area contributed by atoms with Crippen LogP contribution >= 0.6 is 0 Å². The zero-order valence-electron chi connectivity index (χ0n) is 11.8. The minimum atomic E-state index is -0.335. The molecule has 2 fully saturated rings. The van der Waals surface area contributed by atoms with Gasteiger partial charge < -0.3 is 10.2 Å². The molecule has 0 aromatic carbocycles. The third-order valence-electron chi connectivity index (χ3n) is 4.28. The van der Waals surface area contributed by atoms with Crippen LogP contribution in [0.4, 0.5) is 0 Å². The van der Waals surface area contributed by atoms with E-state index in [1.165, 1.54) is 0 Å². The normalized spacial score (nSPS) is 35.9. The van der Waals surface area contributed by atoms with Gasteiger partial charge in [0.05, 0.1) is 0 Å². The Morgan fingerprint density at radius 1 is 1.28 bits per heavy atom. The molecule has 0 aromatic heterocycles. The average molecular weight is 252 g/mol. The Morgan fingerprint density at radius 2 is 1.94 bits per heavy atom. The van der Waals surface area contributed by atoms with E-state index in [2.05, 4.69) is 12.2 Å². The Morgan fingerprint density at radius 3 is 2.39 bits per heavy atom. The van der Waals surface area contributed by atoms with Gasteiger partial charge in [-0.05, 0) is 24.7 Å². The van der Waals surface area contributed by atoms with Crippen LogP contribution in [-0.2, 0) is 9.59 Å². The van der Waals surface area contributed by atoms with E-state index in [0.717, 1.165) is 12.8 Å². The third-order valence-corrected chi connectivity index (χ3v) is 4.28. The summed E-state index contributed by atoms with van der Waals surface area (Å²) in [5.41, 5.74) is 0. The molecule has 18 heavy (non-hydrogen) atoms. The minimum Gasteiger partial charge on any atom is -0.342 e. The maximum Gasteiger partial charge on any atom is 0.246 e. The highest BCUT2D eigenvalue weighted by Gasteiger charge is 2.51. The number of rotatable bonds is 4. The van der Waals surface area contributed by atoms with E-state index < -0.39 is 0 Å². The summed E-state index contributed by atoms with van der Waals surface area (Å²) >= 11 is 0. The van der Waals surface area contributed by atoms with E-state index in [4.69, 9.17) is 0 Å². The molecule has 4 nitrogen and oxygen atoms in total. The van der Waals surface area contributed by atoms with Crippen molar-refractivity contribution in [3.8, 4) is 0 Å². The molecule has 1 heterocycles. The van der Waals surface area contributed by atoms with Gasteiger partial charge >= 0.3 is 0 Å². The highest BCUT2D eigenvalue weighted by molar-refractivity contribution is 5.97. The maximum absolute atomic E-state index is 12.5. The topological polar surface area (TPSA) is 49.4 Å². The SMILES string of the molecule is CCC1CC1N1C(=O)C(C(C)C)NC(=O)C1CC. The molecule has 0 aromatic rings. The quantitative estimate of drug-likeness (QED) is 0.825. The van der Waals surface area contributed by atoms with Gasteiger partial charge in [-0.15, -0.1) is 0 Å². The highest BCUT2D eigenvalue weighted by Crippen LogP contribution is 2.41. The summed E-state index contributed by atoms with van der Waals surface area (Å²) in [6, 6.07) is -0.285. The van der Waals surface area contributed by atoms with Crippen molar-refractivity contribution in [1.29, 1.82) is 0 Å². The fourth-order valence-electron chi connectivity index (χ4n) is 2.99. The lowest BCUT2D eigenvalue weighted by atomic mass is 9.96. The van der Waals surface area contributed by atoms with Crippen molar-refractivity contribution in [3.63, 3.8) is 0 Å². The Labute approximate surface area is 109 Å². The van der Waals surface area contributed by atoms with Crippen LogP contribution in [0.5, 0.6) is 0 Å². The van der Waals surface area contributed by atoms with Crippen LogP contribution in [0, 0.1) is 11.8 Å². The number of carbonyl (C=O) groups excluding carboxylic acids is 2. The van der Waals surface area contributed by atoms with Gasteiger partial charge in [-0.25, -0.2) is 0 Å². The zero-order chi connectivity index (χ0) is 13.4. The summed E-state index contributed by atoms with van der Waals surface area (Å²) < 4.78 is 0. The Hall–Kier alpha value is -1.06. The molecule has 2 amide bonds. The molecule has 0 bridgehead atoms. The lowest BCUT2D eigenvalue weighted by Gasteiger charge is -2.40. The number of hydrogen-bond acceptors (Lipinski definition) is 2. The second-order valence-electron chi connectivity index (χ2n) is 5.87. The van der Waals surface area contributed by atoms with Gasteiger partial charge in [0, 0.05) is 6.04 Å². The molecule has 1 saturated heterocycles. The van der Waals surface area contributed by atoms with Gasteiger partial charge in [0.2, 0.25) is 11.8 Å². The maximum atomic E-state index is 12.5. The molecule has 0 radical (unpaired) electrons. The standard InChI is InChI=1S/C14H24N2O2/c1-5-9-7-11(9)16-10(6-2)13(17)15-12(8(3)4)14(16)18/h8-12H,5-7H2,1-4H3,(H,15,17). The van der Waals surface area contributed by atoms with Gasteiger partial charge in [0.15, 0.2) is 0 Å². The summed E-state index contributed by atoms with van der Waals surface area (Å²) in [6.45, 7) is 8.10. The van der Waals surface area contributed by atoms with E-state index >= 15 is 0 Å². The molecular formula is C14H24N2O2. The van der Waals surface area contributed by atoms with Crippen molar-refractivity contribution in [2.24, 2.45) is 11.8 Å². The number of nitrogens with one attached hydrogen (secondary N) is 1. The lowest BCUT2D eigenvalue weighted by molar-refractivity contribution is -0.151.